The summed E-state index contributed by atoms with van der Waals surface area (Å²) in [6.07, 6.45) is 2.95. The lowest BCUT2D eigenvalue weighted by Gasteiger charge is -2.17. The third-order valence-electron chi connectivity index (χ3n) is 3.76. The van der Waals surface area contributed by atoms with E-state index in [0.717, 1.165) is 30.4 Å². The van der Waals surface area contributed by atoms with E-state index in [4.69, 9.17) is 5.73 Å². The van der Waals surface area contributed by atoms with Gasteiger partial charge in [0.25, 0.3) is 0 Å². The van der Waals surface area contributed by atoms with Gasteiger partial charge in [-0.05, 0) is 42.9 Å². The quantitative estimate of drug-likeness (QED) is 0.813. The summed E-state index contributed by atoms with van der Waals surface area (Å²) in [5.41, 5.74) is 6.82. The standard InChI is InChI=1S/C13H15FN2O/c14-10-3-1-2-9-8(10)4-5-11(9)16-12(17)13(15)6-7-13/h1-3,11H,4-7,15H2,(H,16,17). The molecule has 3 N–H and O–H groups in total. The normalized spacial score (nSPS) is 24.2. The van der Waals surface area contributed by atoms with Crippen LogP contribution in [0.3, 0.4) is 0 Å². The van der Waals surface area contributed by atoms with E-state index in [1.165, 1.54) is 6.07 Å². The monoisotopic (exact) mass is 234 g/mol. The summed E-state index contributed by atoms with van der Waals surface area (Å²) in [6.45, 7) is 0. The fraction of sp³-hybridized carbons (Fsp3) is 0.462. The smallest absolute Gasteiger partial charge is 0.240 e. The van der Waals surface area contributed by atoms with Gasteiger partial charge in [-0.25, -0.2) is 4.39 Å². The van der Waals surface area contributed by atoms with Crippen LogP contribution in [0.2, 0.25) is 0 Å². The van der Waals surface area contributed by atoms with Crippen LogP contribution in [-0.2, 0) is 11.2 Å². The number of nitrogens with two attached hydrogens (primary N) is 1. The molecule has 0 heterocycles. The molecule has 0 saturated heterocycles. The highest BCUT2D eigenvalue weighted by molar-refractivity contribution is 5.89. The van der Waals surface area contributed by atoms with Crippen LogP contribution in [0.5, 0.6) is 0 Å². The second-order valence-electron chi connectivity index (χ2n) is 5.03. The van der Waals surface area contributed by atoms with Gasteiger partial charge in [0, 0.05) is 0 Å². The Kier molecular flexibility index (Phi) is 2.23. The van der Waals surface area contributed by atoms with Crippen LogP contribution >= 0.6 is 0 Å². The molecule has 0 aromatic heterocycles. The zero-order valence-electron chi connectivity index (χ0n) is 9.50. The molecule has 2 aliphatic carbocycles. The van der Waals surface area contributed by atoms with E-state index < -0.39 is 5.54 Å². The molecule has 1 saturated carbocycles. The van der Waals surface area contributed by atoms with Crippen molar-refractivity contribution in [2.45, 2.75) is 37.3 Å². The minimum atomic E-state index is -0.657. The molecule has 1 unspecified atom stereocenters. The molecule has 1 fully saturated rings. The topological polar surface area (TPSA) is 55.1 Å². The Bertz CT molecular complexity index is 482. The van der Waals surface area contributed by atoms with Crippen LogP contribution in [0, 0.1) is 5.82 Å². The van der Waals surface area contributed by atoms with Gasteiger partial charge in [0.05, 0.1) is 11.6 Å². The summed E-state index contributed by atoms with van der Waals surface area (Å²) < 4.78 is 13.5. The Balaban J connectivity index is 1.80. The average molecular weight is 234 g/mol. The first-order valence-corrected chi connectivity index (χ1v) is 5.97. The molecular weight excluding hydrogens is 219 g/mol. The number of hydrogen-bond acceptors (Lipinski definition) is 2. The van der Waals surface area contributed by atoms with E-state index in [9.17, 15) is 9.18 Å². The molecule has 1 aromatic rings. The highest BCUT2D eigenvalue weighted by atomic mass is 19.1. The van der Waals surface area contributed by atoms with Crippen molar-refractivity contribution in [1.29, 1.82) is 0 Å². The average Bonchev–Trinajstić information content (AvgIpc) is 2.92. The van der Waals surface area contributed by atoms with Gasteiger partial charge in [0.1, 0.15) is 5.82 Å². The molecule has 4 heteroatoms. The van der Waals surface area contributed by atoms with Gasteiger partial charge in [-0.1, -0.05) is 12.1 Å². The van der Waals surface area contributed by atoms with Gasteiger partial charge in [-0.3, -0.25) is 4.79 Å². The van der Waals surface area contributed by atoms with Crippen LogP contribution in [0.15, 0.2) is 18.2 Å². The lowest BCUT2D eigenvalue weighted by atomic mass is 10.1. The van der Waals surface area contributed by atoms with Crippen molar-refractivity contribution in [1.82, 2.24) is 5.32 Å². The Morgan fingerprint density at radius 1 is 1.47 bits per heavy atom. The highest BCUT2D eigenvalue weighted by Gasteiger charge is 2.46. The number of fused-ring (bicyclic) bond motifs is 1. The van der Waals surface area contributed by atoms with E-state index in [1.54, 1.807) is 6.07 Å². The number of rotatable bonds is 2. The number of halogens is 1. The number of carbonyl (C=O) groups excluding carboxylic acids is 1. The van der Waals surface area contributed by atoms with Gasteiger partial charge in [-0.15, -0.1) is 0 Å². The molecule has 1 amide bonds. The van der Waals surface area contributed by atoms with Crippen molar-refractivity contribution in [2.24, 2.45) is 5.73 Å². The van der Waals surface area contributed by atoms with E-state index in [1.807, 2.05) is 6.07 Å². The third-order valence-corrected chi connectivity index (χ3v) is 3.76. The van der Waals surface area contributed by atoms with Crippen molar-refractivity contribution in [3.8, 4) is 0 Å². The second kappa shape index (κ2) is 3.53. The minimum Gasteiger partial charge on any atom is -0.348 e. The zero-order chi connectivity index (χ0) is 12.0. The number of nitrogens with one attached hydrogen (secondary N) is 1. The first kappa shape index (κ1) is 10.7. The van der Waals surface area contributed by atoms with Crippen LogP contribution in [0.4, 0.5) is 4.39 Å². The van der Waals surface area contributed by atoms with Crippen LogP contribution in [-0.4, -0.2) is 11.4 Å². The number of amides is 1. The van der Waals surface area contributed by atoms with E-state index >= 15 is 0 Å². The van der Waals surface area contributed by atoms with Gasteiger partial charge < -0.3 is 11.1 Å². The third kappa shape index (κ3) is 1.72. The maximum atomic E-state index is 13.5. The number of carbonyl (C=O) groups is 1. The molecule has 1 atom stereocenters. The molecule has 90 valence electrons. The molecule has 0 bridgehead atoms. The van der Waals surface area contributed by atoms with Gasteiger partial charge >= 0.3 is 0 Å². The molecule has 3 nitrogen and oxygen atoms in total. The largest absolute Gasteiger partial charge is 0.348 e. The van der Waals surface area contributed by atoms with Crippen molar-refractivity contribution in [3.63, 3.8) is 0 Å². The predicted octanol–water partition coefficient (Wildman–Crippen LogP) is 1.42. The molecule has 0 spiro atoms. The summed E-state index contributed by atoms with van der Waals surface area (Å²) in [4.78, 5) is 11.8. The summed E-state index contributed by atoms with van der Waals surface area (Å²) in [6, 6.07) is 4.96. The fourth-order valence-electron chi connectivity index (χ4n) is 2.42. The highest BCUT2D eigenvalue weighted by Crippen LogP contribution is 2.36. The summed E-state index contributed by atoms with van der Waals surface area (Å²) >= 11 is 0. The summed E-state index contributed by atoms with van der Waals surface area (Å²) in [5, 5.41) is 2.93. The molecular formula is C13H15FN2O. The first-order valence-electron chi connectivity index (χ1n) is 5.97. The Hall–Kier alpha value is -1.42. The first-order chi connectivity index (χ1) is 8.10. The van der Waals surface area contributed by atoms with Crippen molar-refractivity contribution in [3.05, 3.63) is 35.1 Å². The van der Waals surface area contributed by atoms with Crippen LogP contribution < -0.4 is 11.1 Å². The minimum absolute atomic E-state index is 0.0748. The molecule has 17 heavy (non-hydrogen) atoms. The van der Waals surface area contributed by atoms with Gasteiger partial charge in [0.2, 0.25) is 5.91 Å². The predicted molar refractivity (Wildman–Crippen MR) is 61.8 cm³/mol. The van der Waals surface area contributed by atoms with E-state index in [-0.39, 0.29) is 17.8 Å². The number of hydrogen-bond donors (Lipinski definition) is 2. The van der Waals surface area contributed by atoms with Crippen molar-refractivity contribution >= 4 is 5.91 Å². The maximum absolute atomic E-state index is 13.5. The Labute approximate surface area is 99.2 Å². The second-order valence-corrected chi connectivity index (χ2v) is 5.03. The number of benzene rings is 1. The van der Waals surface area contributed by atoms with Crippen LogP contribution in [0.25, 0.3) is 0 Å². The fourth-order valence-corrected chi connectivity index (χ4v) is 2.42. The summed E-state index contributed by atoms with van der Waals surface area (Å²) in [5.74, 6) is -0.271. The molecule has 0 radical (unpaired) electrons. The van der Waals surface area contributed by atoms with Crippen molar-refractivity contribution in [2.75, 3.05) is 0 Å². The maximum Gasteiger partial charge on any atom is 0.240 e. The molecule has 2 aliphatic rings. The Morgan fingerprint density at radius 3 is 2.94 bits per heavy atom. The lowest BCUT2D eigenvalue weighted by Crippen LogP contribution is -2.43. The van der Waals surface area contributed by atoms with E-state index in [0.29, 0.717) is 6.42 Å². The van der Waals surface area contributed by atoms with Crippen LogP contribution in [0.1, 0.15) is 36.4 Å². The molecule has 1 aromatic carbocycles. The lowest BCUT2D eigenvalue weighted by molar-refractivity contribution is -0.124. The Morgan fingerprint density at radius 2 is 2.24 bits per heavy atom. The van der Waals surface area contributed by atoms with Crippen molar-refractivity contribution < 1.29 is 9.18 Å². The zero-order valence-corrected chi connectivity index (χ0v) is 9.50. The summed E-state index contributed by atoms with van der Waals surface area (Å²) in [7, 11) is 0. The van der Waals surface area contributed by atoms with Gasteiger partial charge in [-0.2, -0.15) is 0 Å². The molecule has 0 aliphatic heterocycles. The SMILES string of the molecule is NC1(C(=O)NC2CCc3c(F)cccc32)CC1. The molecule has 3 rings (SSSR count). The van der Waals surface area contributed by atoms with Gasteiger partial charge in [0.15, 0.2) is 0 Å². The van der Waals surface area contributed by atoms with E-state index in [2.05, 4.69) is 5.32 Å².